The summed E-state index contributed by atoms with van der Waals surface area (Å²) in [6.07, 6.45) is 0. The second kappa shape index (κ2) is 5.44. The SMILES string of the molecule is Brc1cccc2cc3oc4ccc5oc(-c6ccccc6)nc5c4c3cc12. The molecule has 4 heteroatoms. The van der Waals surface area contributed by atoms with E-state index in [9.17, 15) is 0 Å². The number of hydrogen-bond donors (Lipinski definition) is 0. The van der Waals surface area contributed by atoms with Crippen molar-refractivity contribution >= 4 is 59.7 Å². The molecule has 0 saturated heterocycles. The standard InChI is InChI=1S/C23H12BrNO2/c24-17-8-4-7-14-11-20-16(12-15(14)17)21-18(26-20)9-10-19-22(21)25-23(27-19)13-5-2-1-3-6-13/h1-12H. The van der Waals surface area contributed by atoms with Crippen molar-refractivity contribution in [3.63, 3.8) is 0 Å². The van der Waals surface area contributed by atoms with Gasteiger partial charge in [-0.3, -0.25) is 0 Å². The van der Waals surface area contributed by atoms with Gasteiger partial charge in [-0.25, -0.2) is 4.98 Å². The van der Waals surface area contributed by atoms with Crippen LogP contribution in [0.1, 0.15) is 0 Å². The van der Waals surface area contributed by atoms with E-state index in [0.29, 0.717) is 5.89 Å². The zero-order chi connectivity index (χ0) is 18.0. The van der Waals surface area contributed by atoms with Crippen molar-refractivity contribution in [2.75, 3.05) is 0 Å². The summed E-state index contributed by atoms with van der Waals surface area (Å²) in [4.78, 5) is 4.80. The predicted octanol–water partition coefficient (Wildman–Crippen LogP) is 7.31. The smallest absolute Gasteiger partial charge is 0.227 e. The van der Waals surface area contributed by atoms with E-state index in [1.54, 1.807) is 0 Å². The van der Waals surface area contributed by atoms with Crippen LogP contribution in [0.4, 0.5) is 0 Å². The van der Waals surface area contributed by atoms with Crippen LogP contribution in [0.3, 0.4) is 0 Å². The molecule has 3 nitrogen and oxygen atoms in total. The van der Waals surface area contributed by atoms with Gasteiger partial charge in [-0.15, -0.1) is 0 Å². The van der Waals surface area contributed by atoms with Gasteiger partial charge in [-0.2, -0.15) is 0 Å². The molecule has 128 valence electrons. The fourth-order valence-electron chi connectivity index (χ4n) is 3.69. The summed E-state index contributed by atoms with van der Waals surface area (Å²) in [5.74, 6) is 0.620. The van der Waals surface area contributed by atoms with Crippen LogP contribution in [0.25, 0.3) is 55.3 Å². The van der Waals surface area contributed by atoms with Crippen LogP contribution >= 0.6 is 15.9 Å². The maximum atomic E-state index is 6.13. The van der Waals surface area contributed by atoms with Gasteiger partial charge in [0.2, 0.25) is 5.89 Å². The average molecular weight is 414 g/mol. The van der Waals surface area contributed by atoms with E-state index in [1.165, 1.54) is 0 Å². The second-order valence-corrected chi connectivity index (χ2v) is 7.44. The monoisotopic (exact) mass is 413 g/mol. The molecular formula is C23H12BrNO2. The summed E-state index contributed by atoms with van der Waals surface area (Å²) in [5.41, 5.74) is 4.22. The Balaban J connectivity index is 1.74. The molecule has 0 saturated carbocycles. The van der Waals surface area contributed by atoms with Crippen molar-refractivity contribution in [2.45, 2.75) is 0 Å². The molecule has 0 radical (unpaired) electrons. The molecule has 4 aromatic carbocycles. The number of aromatic nitrogens is 1. The van der Waals surface area contributed by atoms with Crippen molar-refractivity contribution in [1.82, 2.24) is 4.98 Å². The third-order valence-corrected chi connectivity index (χ3v) is 5.65. The number of rotatable bonds is 1. The highest BCUT2D eigenvalue weighted by molar-refractivity contribution is 9.10. The average Bonchev–Trinajstić information content (AvgIpc) is 3.28. The normalized spacial score (nSPS) is 11.9. The first-order chi connectivity index (χ1) is 13.3. The van der Waals surface area contributed by atoms with Gasteiger partial charge in [0.05, 0.1) is 5.39 Å². The predicted molar refractivity (Wildman–Crippen MR) is 112 cm³/mol. The zero-order valence-electron chi connectivity index (χ0n) is 14.1. The van der Waals surface area contributed by atoms with E-state index in [0.717, 1.165) is 53.8 Å². The third-order valence-electron chi connectivity index (χ3n) is 4.96. The summed E-state index contributed by atoms with van der Waals surface area (Å²) in [6.45, 7) is 0. The lowest BCUT2D eigenvalue weighted by atomic mass is 10.1. The Morgan fingerprint density at radius 2 is 1.56 bits per heavy atom. The number of halogens is 1. The molecule has 6 rings (SSSR count). The molecule has 0 N–H and O–H groups in total. The maximum absolute atomic E-state index is 6.13. The number of nitrogens with zero attached hydrogens (tertiary/aromatic N) is 1. The van der Waals surface area contributed by atoms with Crippen LogP contribution in [-0.4, -0.2) is 4.98 Å². The summed E-state index contributed by atoms with van der Waals surface area (Å²) in [5, 5.41) is 4.32. The maximum Gasteiger partial charge on any atom is 0.227 e. The molecule has 6 aromatic rings. The van der Waals surface area contributed by atoms with Gasteiger partial charge in [-0.05, 0) is 53.2 Å². The van der Waals surface area contributed by atoms with Gasteiger partial charge in [0.15, 0.2) is 5.58 Å². The Morgan fingerprint density at radius 1 is 0.704 bits per heavy atom. The van der Waals surface area contributed by atoms with Crippen molar-refractivity contribution in [2.24, 2.45) is 0 Å². The van der Waals surface area contributed by atoms with Crippen LogP contribution in [0.15, 0.2) is 86.1 Å². The molecule has 0 fully saturated rings. The van der Waals surface area contributed by atoms with Gasteiger partial charge >= 0.3 is 0 Å². The molecule has 0 atom stereocenters. The Morgan fingerprint density at radius 3 is 2.44 bits per heavy atom. The lowest BCUT2D eigenvalue weighted by Crippen LogP contribution is -1.77. The van der Waals surface area contributed by atoms with Gasteiger partial charge in [0.1, 0.15) is 16.7 Å². The zero-order valence-corrected chi connectivity index (χ0v) is 15.7. The first-order valence-corrected chi connectivity index (χ1v) is 9.47. The Bertz CT molecular complexity index is 1480. The Hall–Kier alpha value is -3.11. The van der Waals surface area contributed by atoms with Crippen LogP contribution in [0.5, 0.6) is 0 Å². The largest absolute Gasteiger partial charge is 0.456 e. The highest BCUT2D eigenvalue weighted by Gasteiger charge is 2.17. The third kappa shape index (κ3) is 2.17. The lowest BCUT2D eigenvalue weighted by molar-refractivity contribution is 0.619. The van der Waals surface area contributed by atoms with Crippen LogP contribution < -0.4 is 0 Å². The van der Waals surface area contributed by atoms with E-state index in [1.807, 2.05) is 48.5 Å². The Labute approximate surface area is 162 Å². The molecule has 0 amide bonds. The topological polar surface area (TPSA) is 39.2 Å². The number of furan rings is 1. The van der Waals surface area contributed by atoms with E-state index in [4.69, 9.17) is 13.8 Å². The van der Waals surface area contributed by atoms with Gasteiger partial charge < -0.3 is 8.83 Å². The van der Waals surface area contributed by atoms with E-state index in [-0.39, 0.29) is 0 Å². The van der Waals surface area contributed by atoms with E-state index < -0.39 is 0 Å². The molecule has 0 bridgehead atoms. The van der Waals surface area contributed by atoms with E-state index in [2.05, 4.69) is 40.2 Å². The summed E-state index contributed by atoms with van der Waals surface area (Å²) in [7, 11) is 0. The number of fused-ring (bicyclic) bond motifs is 6. The molecule has 0 aliphatic rings. The minimum absolute atomic E-state index is 0.620. The Kier molecular flexibility index (Phi) is 3.02. The molecule has 2 heterocycles. The van der Waals surface area contributed by atoms with Crippen LogP contribution in [0, 0.1) is 0 Å². The minimum atomic E-state index is 0.620. The second-order valence-electron chi connectivity index (χ2n) is 6.58. The van der Waals surface area contributed by atoms with Crippen molar-refractivity contribution < 1.29 is 8.83 Å². The first kappa shape index (κ1) is 15.0. The van der Waals surface area contributed by atoms with Crippen LogP contribution in [0.2, 0.25) is 0 Å². The van der Waals surface area contributed by atoms with Crippen LogP contribution in [-0.2, 0) is 0 Å². The van der Waals surface area contributed by atoms with Gasteiger partial charge in [0.25, 0.3) is 0 Å². The summed E-state index contributed by atoms with van der Waals surface area (Å²) < 4.78 is 13.2. The molecule has 0 aliphatic heterocycles. The minimum Gasteiger partial charge on any atom is -0.456 e. The number of hydrogen-bond acceptors (Lipinski definition) is 3. The molecule has 0 aliphatic carbocycles. The molecule has 2 aromatic heterocycles. The van der Waals surface area contributed by atoms with Crippen molar-refractivity contribution in [3.8, 4) is 11.5 Å². The van der Waals surface area contributed by atoms with Gasteiger partial charge in [0, 0.05) is 15.4 Å². The summed E-state index contributed by atoms with van der Waals surface area (Å²) >= 11 is 3.65. The fourth-order valence-corrected chi connectivity index (χ4v) is 4.19. The molecular weight excluding hydrogens is 402 g/mol. The summed E-state index contributed by atoms with van der Waals surface area (Å²) in [6, 6.07) is 24.2. The number of benzene rings is 4. The fraction of sp³-hybridized carbons (Fsp3) is 0. The quantitative estimate of drug-likeness (QED) is 0.283. The molecule has 0 spiro atoms. The molecule has 27 heavy (non-hydrogen) atoms. The highest BCUT2D eigenvalue weighted by atomic mass is 79.9. The molecule has 0 unspecified atom stereocenters. The van der Waals surface area contributed by atoms with Gasteiger partial charge in [-0.1, -0.05) is 46.3 Å². The van der Waals surface area contributed by atoms with Crippen molar-refractivity contribution in [1.29, 1.82) is 0 Å². The van der Waals surface area contributed by atoms with E-state index >= 15 is 0 Å². The lowest BCUT2D eigenvalue weighted by Gasteiger charge is -2.00. The number of oxazole rings is 1. The highest BCUT2D eigenvalue weighted by Crippen LogP contribution is 2.38. The first-order valence-electron chi connectivity index (χ1n) is 8.67. The van der Waals surface area contributed by atoms with Crippen molar-refractivity contribution in [3.05, 3.63) is 77.3 Å².